The van der Waals surface area contributed by atoms with E-state index >= 15 is 0 Å². The summed E-state index contributed by atoms with van der Waals surface area (Å²) in [6.07, 6.45) is 0. The van der Waals surface area contributed by atoms with Crippen molar-refractivity contribution in [3.8, 4) is 22.3 Å². The zero-order valence-electron chi connectivity index (χ0n) is 22.5. The molecule has 40 heavy (non-hydrogen) atoms. The summed E-state index contributed by atoms with van der Waals surface area (Å²) in [5.74, 6) is 0. The minimum atomic E-state index is -0.0633. The fourth-order valence-corrected chi connectivity index (χ4v) is 8.39. The molecule has 1 aliphatic rings. The fourth-order valence-electron chi connectivity index (χ4n) is 7.27. The summed E-state index contributed by atoms with van der Waals surface area (Å²) in [5.41, 5.74) is 8.14. The Morgan fingerprint density at radius 3 is 1.90 bits per heavy atom. The molecule has 0 radical (unpaired) electrons. The molecule has 188 valence electrons. The molecule has 0 unspecified atom stereocenters. The van der Waals surface area contributed by atoms with Gasteiger partial charge in [0.1, 0.15) is 0 Å². The number of benzene rings is 7. The van der Waals surface area contributed by atoms with E-state index in [1.165, 1.54) is 85.9 Å². The summed E-state index contributed by atoms with van der Waals surface area (Å²) in [6, 6.07) is 45.6. The number of hydrogen-bond donors (Lipinski definition) is 0. The molecule has 0 saturated heterocycles. The molecule has 0 nitrogen and oxygen atoms in total. The van der Waals surface area contributed by atoms with Crippen LogP contribution in [0.2, 0.25) is 0 Å². The van der Waals surface area contributed by atoms with Gasteiger partial charge in [-0.1, -0.05) is 98.8 Å². The number of fused-ring (bicyclic) bond motifs is 10. The Labute approximate surface area is 237 Å². The highest BCUT2D eigenvalue weighted by Crippen LogP contribution is 2.52. The molecule has 0 N–H and O–H groups in total. The minimum absolute atomic E-state index is 0.0633. The fraction of sp³-hybridized carbons (Fsp3) is 0.0769. The monoisotopic (exact) mass is 526 g/mol. The maximum atomic E-state index is 2.50. The van der Waals surface area contributed by atoms with Gasteiger partial charge in [-0.15, -0.1) is 11.3 Å². The summed E-state index contributed by atoms with van der Waals surface area (Å²) in [4.78, 5) is 0. The second kappa shape index (κ2) is 7.81. The number of rotatable bonds is 1. The van der Waals surface area contributed by atoms with Crippen molar-refractivity contribution in [3.63, 3.8) is 0 Å². The Morgan fingerprint density at radius 1 is 0.475 bits per heavy atom. The zero-order chi connectivity index (χ0) is 26.6. The average molecular weight is 527 g/mol. The first-order valence-corrected chi connectivity index (χ1v) is 14.8. The molecule has 0 amide bonds. The summed E-state index contributed by atoms with van der Waals surface area (Å²) in [6.45, 7) is 4.78. The van der Waals surface area contributed by atoms with E-state index in [1.807, 2.05) is 11.3 Å². The molecule has 0 saturated carbocycles. The van der Waals surface area contributed by atoms with Crippen molar-refractivity contribution in [3.05, 3.63) is 132 Å². The van der Waals surface area contributed by atoms with Crippen LogP contribution >= 0.6 is 11.3 Å². The van der Waals surface area contributed by atoms with Crippen LogP contribution < -0.4 is 0 Å². The predicted molar refractivity (Wildman–Crippen MR) is 175 cm³/mol. The maximum Gasteiger partial charge on any atom is 0.0361 e. The molecule has 1 aromatic heterocycles. The second-order valence-corrected chi connectivity index (χ2v) is 12.8. The summed E-state index contributed by atoms with van der Waals surface area (Å²) in [5, 5.41) is 10.6. The summed E-state index contributed by atoms with van der Waals surface area (Å²) < 4.78 is 2.73. The molecule has 1 heterocycles. The molecule has 9 rings (SSSR count). The third kappa shape index (κ3) is 2.91. The molecule has 0 bridgehead atoms. The molecule has 8 aromatic rings. The molecular formula is C39H26S. The Morgan fingerprint density at radius 2 is 1.12 bits per heavy atom. The standard InChI is InChI=1S/C39H26S/c1-39(2)33-17-15-26(37-27-11-5-3-9-23(27)19-24-10-4-6-12-28(24)37)21-31(33)32-20-25-16-18-36-38(30(25)22-34(32)39)29-13-7-8-14-35(29)40-36/h3-22H,1-2H3. The Hall–Kier alpha value is -4.46. The van der Waals surface area contributed by atoms with Gasteiger partial charge in [-0.25, -0.2) is 0 Å². The van der Waals surface area contributed by atoms with Crippen LogP contribution in [0.4, 0.5) is 0 Å². The highest BCUT2D eigenvalue weighted by molar-refractivity contribution is 7.26. The van der Waals surface area contributed by atoms with Crippen LogP contribution in [0.15, 0.2) is 121 Å². The Balaban J connectivity index is 1.34. The predicted octanol–water partition coefficient (Wildman–Crippen LogP) is 11.5. The quantitative estimate of drug-likeness (QED) is 0.187. The summed E-state index contributed by atoms with van der Waals surface area (Å²) in [7, 11) is 0. The van der Waals surface area contributed by atoms with E-state index in [0.29, 0.717) is 0 Å². The van der Waals surface area contributed by atoms with E-state index < -0.39 is 0 Å². The molecule has 0 spiro atoms. The van der Waals surface area contributed by atoms with Crippen LogP contribution in [0.1, 0.15) is 25.0 Å². The maximum absolute atomic E-state index is 2.50. The molecule has 0 atom stereocenters. The lowest BCUT2D eigenvalue weighted by Crippen LogP contribution is -2.14. The Kier molecular flexibility index (Phi) is 4.37. The van der Waals surface area contributed by atoms with E-state index in [0.717, 1.165) is 0 Å². The molecule has 1 heteroatoms. The van der Waals surface area contributed by atoms with E-state index in [4.69, 9.17) is 0 Å². The third-order valence-electron chi connectivity index (χ3n) is 9.21. The van der Waals surface area contributed by atoms with Crippen LogP contribution in [0, 0.1) is 0 Å². The van der Waals surface area contributed by atoms with E-state index in [-0.39, 0.29) is 5.41 Å². The van der Waals surface area contributed by atoms with Gasteiger partial charge in [0.15, 0.2) is 0 Å². The minimum Gasteiger partial charge on any atom is -0.135 e. The van der Waals surface area contributed by atoms with Crippen LogP contribution in [-0.4, -0.2) is 0 Å². The van der Waals surface area contributed by atoms with Gasteiger partial charge < -0.3 is 0 Å². The lowest BCUT2D eigenvalue weighted by atomic mass is 9.81. The molecule has 7 aromatic carbocycles. The smallest absolute Gasteiger partial charge is 0.0361 e. The Bertz CT molecular complexity index is 2290. The number of hydrogen-bond acceptors (Lipinski definition) is 1. The van der Waals surface area contributed by atoms with Gasteiger partial charge in [0.25, 0.3) is 0 Å². The van der Waals surface area contributed by atoms with Gasteiger partial charge >= 0.3 is 0 Å². The van der Waals surface area contributed by atoms with Gasteiger partial charge in [-0.2, -0.15) is 0 Å². The lowest BCUT2D eigenvalue weighted by molar-refractivity contribution is 0.661. The highest BCUT2D eigenvalue weighted by atomic mass is 32.1. The second-order valence-electron chi connectivity index (χ2n) is 11.7. The lowest BCUT2D eigenvalue weighted by Gasteiger charge is -2.22. The SMILES string of the molecule is CC1(C)c2ccc(-c3c4ccccc4cc4ccccc34)cc2-c2cc3ccc4sc5ccccc5c4c3cc21. The molecule has 1 aliphatic carbocycles. The van der Waals surface area contributed by atoms with Crippen molar-refractivity contribution in [1.82, 2.24) is 0 Å². The third-order valence-corrected chi connectivity index (χ3v) is 10.3. The van der Waals surface area contributed by atoms with Crippen LogP contribution in [0.25, 0.3) is 74.7 Å². The molecule has 0 aliphatic heterocycles. The van der Waals surface area contributed by atoms with Crippen molar-refractivity contribution in [1.29, 1.82) is 0 Å². The van der Waals surface area contributed by atoms with Crippen LogP contribution in [-0.2, 0) is 5.41 Å². The van der Waals surface area contributed by atoms with Crippen molar-refractivity contribution in [2.45, 2.75) is 19.3 Å². The van der Waals surface area contributed by atoms with Crippen LogP contribution in [0.5, 0.6) is 0 Å². The average Bonchev–Trinajstić information content (AvgIpc) is 3.47. The molecule has 0 fully saturated rings. The topological polar surface area (TPSA) is 0 Å². The van der Waals surface area contributed by atoms with E-state index in [1.54, 1.807) is 0 Å². The molecular weight excluding hydrogens is 500 g/mol. The van der Waals surface area contributed by atoms with Gasteiger partial charge in [-0.05, 0) is 102 Å². The first kappa shape index (κ1) is 22.4. The summed E-state index contributed by atoms with van der Waals surface area (Å²) >= 11 is 1.90. The van der Waals surface area contributed by atoms with Crippen molar-refractivity contribution in [2.75, 3.05) is 0 Å². The van der Waals surface area contributed by atoms with Gasteiger partial charge in [0, 0.05) is 25.6 Å². The van der Waals surface area contributed by atoms with E-state index in [2.05, 4.69) is 135 Å². The number of thiophene rings is 1. The van der Waals surface area contributed by atoms with Crippen molar-refractivity contribution in [2.24, 2.45) is 0 Å². The van der Waals surface area contributed by atoms with Crippen molar-refractivity contribution >= 4 is 63.8 Å². The van der Waals surface area contributed by atoms with E-state index in [9.17, 15) is 0 Å². The first-order valence-electron chi connectivity index (χ1n) is 14.0. The van der Waals surface area contributed by atoms with Crippen LogP contribution in [0.3, 0.4) is 0 Å². The van der Waals surface area contributed by atoms with Gasteiger partial charge in [0.05, 0.1) is 0 Å². The first-order chi connectivity index (χ1) is 19.6. The zero-order valence-corrected chi connectivity index (χ0v) is 23.3. The largest absolute Gasteiger partial charge is 0.135 e. The highest BCUT2D eigenvalue weighted by Gasteiger charge is 2.36. The van der Waals surface area contributed by atoms with Crippen molar-refractivity contribution < 1.29 is 0 Å². The van der Waals surface area contributed by atoms with Gasteiger partial charge in [-0.3, -0.25) is 0 Å². The van der Waals surface area contributed by atoms with Gasteiger partial charge in [0.2, 0.25) is 0 Å². The normalized spacial score (nSPS) is 13.9.